The molecule has 3 saturated carbocycles. The number of carbonyl (C=O) groups is 2. The molecule has 3 aliphatic carbocycles. The van der Waals surface area contributed by atoms with Gasteiger partial charge in [-0.25, -0.2) is 0 Å². The van der Waals surface area contributed by atoms with E-state index < -0.39 is 5.97 Å². The number of carbonyl (C=O) groups excluding carboxylic acids is 1. The van der Waals surface area contributed by atoms with E-state index in [2.05, 4.69) is 27.0 Å². The summed E-state index contributed by atoms with van der Waals surface area (Å²) in [7, 11) is 0. The number of hydrogen-bond acceptors (Lipinski definition) is 3. The van der Waals surface area contributed by atoms with E-state index in [1.165, 1.54) is 5.57 Å². The van der Waals surface area contributed by atoms with Gasteiger partial charge in [-0.05, 0) is 69.1 Å². The number of esters is 1. The molecule has 1 spiro atoms. The number of carboxylic acid groups (broad SMARTS) is 1. The summed E-state index contributed by atoms with van der Waals surface area (Å²) in [6, 6.07) is 0. The van der Waals surface area contributed by atoms with Crippen molar-refractivity contribution < 1.29 is 19.4 Å². The Balaban J connectivity index is 1.99. The highest BCUT2D eigenvalue weighted by Gasteiger charge is 2.66. The van der Waals surface area contributed by atoms with Gasteiger partial charge >= 0.3 is 11.9 Å². The van der Waals surface area contributed by atoms with Crippen LogP contribution >= 0.6 is 0 Å². The number of carboxylic acids is 1. The van der Waals surface area contributed by atoms with E-state index in [4.69, 9.17) is 4.74 Å². The molecule has 0 unspecified atom stereocenters. The molecule has 1 N–H and O–H groups in total. The number of aliphatic carboxylic acids is 1. The van der Waals surface area contributed by atoms with Crippen LogP contribution in [0.4, 0.5) is 0 Å². The van der Waals surface area contributed by atoms with Crippen molar-refractivity contribution in [3.05, 3.63) is 24.3 Å². The smallest absolute Gasteiger partial charge is 0.308 e. The van der Waals surface area contributed by atoms with Gasteiger partial charge in [-0.2, -0.15) is 0 Å². The second kappa shape index (κ2) is 7.92. The fourth-order valence-corrected chi connectivity index (χ4v) is 7.10. The van der Waals surface area contributed by atoms with Gasteiger partial charge in [0.05, 0.1) is 5.92 Å². The van der Waals surface area contributed by atoms with Crippen molar-refractivity contribution in [2.24, 2.45) is 34.5 Å². The fraction of sp³-hybridized carbons (Fsp3) is 0.760. The molecule has 162 valence electrons. The van der Waals surface area contributed by atoms with Crippen molar-refractivity contribution in [1.82, 2.24) is 0 Å². The Morgan fingerprint density at radius 1 is 1.31 bits per heavy atom. The first-order chi connectivity index (χ1) is 13.6. The topological polar surface area (TPSA) is 63.6 Å². The van der Waals surface area contributed by atoms with Crippen molar-refractivity contribution in [2.75, 3.05) is 0 Å². The molecule has 0 aliphatic heterocycles. The van der Waals surface area contributed by atoms with E-state index in [0.717, 1.165) is 44.1 Å². The molecule has 29 heavy (non-hydrogen) atoms. The molecule has 0 radical (unpaired) electrons. The van der Waals surface area contributed by atoms with Gasteiger partial charge in [-0.15, -0.1) is 0 Å². The van der Waals surface area contributed by atoms with E-state index in [-0.39, 0.29) is 41.2 Å². The van der Waals surface area contributed by atoms with Crippen LogP contribution in [0.3, 0.4) is 0 Å². The van der Waals surface area contributed by atoms with Crippen molar-refractivity contribution in [1.29, 1.82) is 0 Å². The Bertz CT molecular complexity index is 710. The monoisotopic (exact) mass is 402 g/mol. The van der Waals surface area contributed by atoms with E-state index in [1.807, 2.05) is 13.8 Å². The number of ether oxygens (including phenoxy) is 1. The molecular weight excluding hydrogens is 364 g/mol. The maximum absolute atomic E-state index is 12.7. The van der Waals surface area contributed by atoms with Gasteiger partial charge in [0, 0.05) is 17.8 Å². The summed E-state index contributed by atoms with van der Waals surface area (Å²) < 4.78 is 6.24. The van der Waals surface area contributed by atoms with Crippen molar-refractivity contribution >= 4 is 11.9 Å². The average molecular weight is 403 g/mol. The Morgan fingerprint density at radius 3 is 2.59 bits per heavy atom. The van der Waals surface area contributed by atoms with Crippen LogP contribution in [0.1, 0.15) is 79.1 Å². The molecule has 3 rings (SSSR count). The summed E-state index contributed by atoms with van der Waals surface area (Å²) in [5.74, 6) is -0.0279. The maximum atomic E-state index is 12.7. The van der Waals surface area contributed by atoms with Crippen LogP contribution in [0.25, 0.3) is 0 Å². The largest absolute Gasteiger partial charge is 0.481 e. The minimum atomic E-state index is -0.740. The summed E-state index contributed by atoms with van der Waals surface area (Å²) >= 11 is 0. The van der Waals surface area contributed by atoms with Gasteiger partial charge in [-0.1, -0.05) is 45.1 Å². The first kappa shape index (κ1) is 22.1. The highest BCUT2D eigenvalue weighted by molar-refractivity contribution is 5.72. The van der Waals surface area contributed by atoms with Crippen LogP contribution in [-0.2, 0) is 14.3 Å². The van der Waals surface area contributed by atoms with E-state index in [0.29, 0.717) is 18.3 Å². The molecule has 0 aromatic heterocycles. The molecule has 0 heterocycles. The van der Waals surface area contributed by atoms with Gasteiger partial charge in [0.25, 0.3) is 0 Å². The lowest BCUT2D eigenvalue weighted by Crippen LogP contribution is -2.57. The fourth-order valence-electron chi connectivity index (χ4n) is 7.10. The Kier molecular flexibility index (Phi) is 6.04. The van der Waals surface area contributed by atoms with Gasteiger partial charge in [0.15, 0.2) is 0 Å². The lowest BCUT2D eigenvalue weighted by Gasteiger charge is -2.60. The predicted molar refractivity (Wildman–Crippen MR) is 114 cm³/mol. The van der Waals surface area contributed by atoms with Crippen LogP contribution in [0, 0.1) is 34.5 Å². The first-order valence-electron chi connectivity index (χ1n) is 11.3. The zero-order chi connectivity index (χ0) is 21.6. The Labute approximate surface area is 175 Å². The predicted octanol–water partition coefficient (Wildman–Crippen LogP) is 5.77. The van der Waals surface area contributed by atoms with Crippen molar-refractivity contribution in [3.8, 4) is 0 Å². The van der Waals surface area contributed by atoms with Gasteiger partial charge in [0.1, 0.15) is 6.10 Å². The van der Waals surface area contributed by atoms with E-state index in [9.17, 15) is 14.7 Å². The van der Waals surface area contributed by atoms with Gasteiger partial charge in [-0.3, -0.25) is 9.59 Å². The van der Waals surface area contributed by atoms with Crippen LogP contribution in [0.5, 0.6) is 0 Å². The molecule has 0 saturated heterocycles. The highest BCUT2D eigenvalue weighted by Crippen LogP contribution is 2.70. The number of hydrogen-bond donors (Lipinski definition) is 1. The average Bonchev–Trinajstić information content (AvgIpc) is 2.80. The third-order valence-electron chi connectivity index (χ3n) is 8.69. The van der Waals surface area contributed by atoms with Gasteiger partial charge in [0.2, 0.25) is 0 Å². The summed E-state index contributed by atoms with van der Waals surface area (Å²) in [6.07, 6.45) is 6.44. The molecule has 3 aliphatic rings. The summed E-state index contributed by atoms with van der Waals surface area (Å²) in [4.78, 5) is 24.2. The summed E-state index contributed by atoms with van der Waals surface area (Å²) in [5.41, 5.74) is 2.14. The van der Waals surface area contributed by atoms with Crippen molar-refractivity contribution in [3.63, 3.8) is 0 Å². The zero-order valence-corrected chi connectivity index (χ0v) is 18.6. The third-order valence-corrected chi connectivity index (χ3v) is 8.69. The molecule has 0 amide bonds. The SMILES string of the molecule is C=C(C)[C@H]1CC[C@]23CC(=C)[C@H](CC[C@H]2[C@]1(C)CCC(=O)O)[C@H]3OC(=O)[C@H](C)CC. The summed E-state index contributed by atoms with van der Waals surface area (Å²) in [6.45, 7) is 17.0. The standard InChI is InChI=1S/C25H38O4/c1-7-16(4)23(28)29-22-18-8-9-20-24(6,12-11-21(26)27)19(15(2)3)10-13-25(20,22)14-17(18)5/h16,18-20,22H,2,5,7-14H2,1,3-4,6H3,(H,26,27)/t16-,18+,19-,20+,22-,24-,25+/m1/s1. The quantitative estimate of drug-likeness (QED) is 0.433. The number of rotatable bonds is 7. The Hall–Kier alpha value is -1.58. The molecule has 3 fully saturated rings. The van der Waals surface area contributed by atoms with Crippen LogP contribution in [0.2, 0.25) is 0 Å². The van der Waals surface area contributed by atoms with Crippen LogP contribution in [0.15, 0.2) is 24.3 Å². The summed E-state index contributed by atoms with van der Waals surface area (Å²) in [5, 5.41) is 9.40. The van der Waals surface area contributed by atoms with E-state index >= 15 is 0 Å². The Morgan fingerprint density at radius 2 is 2.00 bits per heavy atom. The highest BCUT2D eigenvalue weighted by atomic mass is 16.5. The van der Waals surface area contributed by atoms with Crippen molar-refractivity contribution in [2.45, 2.75) is 85.2 Å². The zero-order valence-electron chi connectivity index (χ0n) is 18.6. The third kappa shape index (κ3) is 3.57. The minimum Gasteiger partial charge on any atom is -0.481 e. The molecule has 7 atom stereocenters. The first-order valence-corrected chi connectivity index (χ1v) is 11.3. The number of fused-ring (bicyclic) bond motifs is 1. The molecule has 4 nitrogen and oxygen atoms in total. The second-order valence-electron chi connectivity index (χ2n) is 10.3. The minimum absolute atomic E-state index is 0.0912. The lowest BCUT2D eigenvalue weighted by molar-refractivity contribution is -0.186. The normalized spacial score (nSPS) is 39.5. The molecule has 4 heteroatoms. The molecular formula is C25H38O4. The molecule has 0 aromatic rings. The van der Waals surface area contributed by atoms with Crippen LogP contribution in [-0.4, -0.2) is 23.1 Å². The maximum Gasteiger partial charge on any atom is 0.308 e. The van der Waals surface area contributed by atoms with Gasteiger partial charge < -0.3 is 9.84 Å². The molecule has 0 aromatic carbocycles. The van der Waals surface area contributed by atoms with E-state index in [1.54, 1.807) is 0 Å². The lowest BCUT2D eigenvalue weighted by atomic mass is 9.45. The van der Waals surface area contributed by atoms with Crippen LogP contribution < -0.4 is 0 Å². The second-order valence-corrected chi connectivity index (χ2v) is 10.3. The molecule has 2 bridgehead atoms. The number of allylic oxidation sites excluding steroid dienone is 1.